The number of alkyl halides is 4. The number of likely N-dealkylation sites (N-methyl/N-ethyl adjacent to an activating group) is 3. The van der Waals surface area contributed by atoms with Crippen molar-refractivity contribution in [2.45, 2.75) is 0 Å². The van der Waals surface area contributed by atoms with Crippen LogP contribution in [0.5, 0.6) is 0 Å². The van der Waals surface area contributed by atoms with Gasteiger partial charge in [0.05, 0.1) is 76.9 Å². The summed E-state index contributed by atoms with van der Waals surface area (Å²) in [4.78, 5) is 2.39. The number of hydrogen-bond donors (Lipinski definition) is 0. The third-order valence-corrected chi connectivity index (χ3v) is 5.22. The highest BCUT2D eigenvalue weighted by molar-refractivity contribution is 6.18. The first-order valence-corrected chi connectivity index (χ1v) is 10.1. The third-order valence-electron chi connectivity index (χ3n) is 4.54. The lowest BCUT2D eigenvalue weighted by Gasteiger charge is -2.37. The molecule has 0 aliphatic rings. The highest BCUT2D eigenvalue weighted by Crippen LogP contribution is 2.07. The molecule has 0 unspecified atom stereocenters. The fourth-order valence-corrected chi connectivity index (χ4v) is 4.06. The minimum Gasteiger partial charge on any atom is -1.00 e. The second-order valence-electron chi connectivity index (χ2n) is 6.64. The van der Waals surface area contributed by atoms with E-state index in [2.05, 4.69) is 26.0 Å². The highest BCUT2D eigenvalue weighted by atomic mass is 35.5. The van der Waals surface area contributed by atoms with E-state index in [-0.39, 0.29) is 24.8 Å². The van der Waals surface area contributed by atoms with E-state index in [1.54, 1.807) is 0 Å². The summed E-state index contributed by atoms with van der Waals surface area (Å²) in [6.07, 6.45) is 0. The Morgan fingerprint density at radius 2 is 0.875 bits per heavy atom. The Balaban J connectivity index is -0.00000220. The van der Waals surface area contributed by atoms with Crippen LogP contribution in [0.15, 0.2) is 0 Å². The second-order valence-corrected chi connectivity index (χ2v) is 8.15. The molecule has 0 aromatic rings. The zero-order valence-corrected chi connectivity index (χ0v) is 19.7. The van der Waals surface area contributed by atoms with E-state index in [9.17, 15) is 0 Å². The number of quaternary nitrogens is 2. The molecule has 0 spiro atoms. The maximum Gasteiger partial charge on any atom is 0.0922 e. The van der Waals surface area contributed by atoms with Crippen LogP contribution in [0.4, 0.5) is 0 Å². The smallest absolute Gasteiger partial charge is 0.0922 e. The van der Waals surface area contributed by atoms with Crippen LogP contribution >= 0.6 is 58.8 Å². The molecule has 0 fully saturated rings. The van der Waals surface area contributed by atoms with Crippen molar-refractivity contribution in [2.75, 3.05) is 97.0 Å². The summed E-state index contributed by atoms with van der Waals surface area (Å²) < 4.78 is 1.87. The van der Waals surface area contributed by atoms with E-state index in [1.807, 2.05) is 0 Å². The summed E-state index contributed by atoms with van der Waals surface area (Å²) in [5.41, 5.74) is 0. The zero-order valence-electron chi connectivity index (χ0n) is 15.1. The second kappa shape index (κ2) is 16.8. The number of nitrogens with zero attached hydrogens (tertiary/aromatic N) is 3. The maximum absolute atomic E-state index is 5.93. The standard InChI is InChI=1S/C15H33Cl4N3.2ClH/c1-20(8-14-21(2,10-4-16)11-5-17)9-15-22(3,12-6-18)13-7-19;;/h4-15H2,1-3H3;2*1H/q+2;;/p-1. The van der Waals surface area contributed by atoms with Crippen molar-refractivity contribution in [3.8, 4) is 0 Å². The van der Waals surface area contributed by atoms with Gasteiger partial charge in [0.15, 0.2) is 0 Å². The quantitative estimate of drug-likeness (QED) is 0.260. The van der Waals surface area contributed by atoms with Crippen LogP contribution in [0.25, 0.3) is 0 Å². The molecule has 0 radical (unpaired) electrons. The molecule has 0 saturated heterocycles. The fraction of sp³-hybridized carbons (Fsp3) is 1.00. The van der Waals surface area contributed by atoms with E-state index in [0.717, 1.165) is 61.3 Å². The van der Waals surface area contributed by atoms with Crippen LogP contribution in [0.2, 0.25) is 0 Å². The van der Waals surface area contributed by atoms with E-state index in [0.29, 0.717) is 23.5 Å². The SMILES string of the molecule is CN(CC[N+](C)(CCCl)CCCl)CC[N+](C)(CCCl)CCCl.Cl.[Cl-]. The van der Waals surface area contributed by atoms with Crippen molar-refractivity contribution in [1.29, 1.82) is 0 Å². The van der Waals surface area contributed by atoms with Crippen molar-refractivity contribution in [3.63, 3.8) is 0 Å². The van der Waals surface area contributed by atoms with Crippen LogP contribution in [-0.4, -0.2) is 111 Å². The largest absolute Gasteiger partial charge is 1.00 e. The summed E-state index contributed by atoms with van der Waals surface area (Å²) in [6, 6.07) is 0. The number of halogens is 6. The summed E-state index contributed by atoms with van der Waals surface area (Å²) >= 11 is 23.7. The van der Waals surface area contributed by atoms with E-state index in [1.165, 1.54) is 0 Å². The van der Waals surface area contributed by atoms with Gasteiger partial charge in [-0.05, 0) is 7.05 Å². The van der Waals surface area contributed by atoms with Crippen molar-refractivity contribution in [2.24, 2.45) is 0 Å². The van der Waals surface area contributed by atoms with Gasteiger partial charge in [-0.15, -0.1) is 58.8 Å². The van der Waals surface area contributed by atoms with Gasteiger partial charge in [-0.3, -0.25) is 4.90 Å². The average molecular weight is 469 g/mol. The van der Waals surface area contributed by atoms with Crippen LogP contribution in [0.3, 0.4) is 0 Å². The van der Waals surface area contributed by atoms with Crippen molar-refractivity contribution in [3.05, 3.63) is 0 Å². The van der Waals surface area contributed by atoms with Crippen LogP contribution < -0.4 is 12.4 Å². The van der Waals surface area contributed by atoms with Gasteiger partial charge in [0, 0.05) is 13.1 Å². The first-order chi connectivity index (χ1) is 10.3. The number of rotatable bonds is 14. The average Bonchev–Trinajstić information content (AvgIpc) is 2.44. The van der Waals surface area contributed by atoms with Crippen LogP contribution in [0.1, 0.15) is 0 Å². The molecule has 0 heterocycles. The Morgan fingerprint density at radius 1 is 0.625 bits per heavy atom. The van der Waals surface area contributed by atoms with Crippen molar-refractivity contribution >= 4 is 58.8 Å². The molecule has 24 heavy (non-hydrogen) atoms. The van der Waals surface area contributed by atoms with Gasteiger partial charge in [-0.2, -0.15) is 0 Å². The Labute approximate surface area is 181 Å². The number of hydrogen-bond acceptors (Lipinski definition) is 1. The topological polar surface area (TPSA) is 3.24 Å². The normalized spacial score (nSPS) is 12.0. The Hall–Kier alpha value is 1.62. The molecule has 0 N–H and O–H groups in total. The van der Waals surface area contributed by atoms with Gasteiger partial charge >= 0.3 is 0 Å². The lowest BCUT2D eigenvalue weighted by atomic mass is 10.3. The summed E-state index contributed by atoms with van der Waals surface area (Å²) in [7, 11) is 6.65. The van der Waals surface area contributed by atoms with Gasteiger partial charge in [0.25, 0.3) is 0 Å². The van der Waals surface area contributed by atoms with Gasteiger partial charge in [0.1, 0.15) is 0 Å². The van der Waals surface area contributed by atoms with Gasteiger partial charge < -0.3 is 21.4 Å². The molecule has 0 rings (SSSR count). The molecule has 0 aromatic heterocycles. The molecule has 9 heteroatoms. The van der Waals surface area contributed by atoms with E-state index >= 15 is 0 Å². The molecular formula is C15H34Cl6N3+. The minimum atomic E-state index is 0. The monoisotopic (exact) mass is 466 g/mol. The van der Waals surface area contributed by atoms with Gasteiger partial charge in [-0.25, -0.2) is 0 Å². The van der Waals surface area contributed by atoms with E-state index < -0.39 is 0 Å². The lowest BCUT2D eigenvalue weighted by Crippen LogP contribution is -3.00. The van der Waals surface area contributed by atoms with Crippen LogP contribution in [-0.2, 0) is 0 Å². The van der Waals surface area contributed by atoms with Crippen LogP contribution in [0, 0.1) is 0 Å². The minimum absolute atomic E-state index is 0. The molecule has 0 aliphatic heterocycles. The Kier molecular flexibility index (Phi) is 21.2. The van der Waals surface area contributed by atoms with E-state index in [4.69, 9.17) is 46.4 Å². The molecule has 3 nitrogen and oxygen atoms in total. The lowest BCUT2D eigenvalue weighted by molar-refractivity contribution is -0.907. The van der Waals surface area contributed by atoms with Gasteiger partial charge in [0.2, 0.25) is 0 Å². The first kappa shape index (κ1) is 30.4. The first-order valence-electron chi connectivity index (χ1n) is 7.94. The van der Waals surface area contributed by atoms with Gasteiger partial charge in [-0.1, -0.05) is 0 Å². The van der Waals surface area contributed by atoms with Crippen molar-refractivity contribution in [1.82, 2.24) is 4.90 Å². The zero-order chi connectivity index (χ0) is 17.1. The molecule has 0 bridgehead atoms. The molecule has 0 aromatic carbocycles. The summed E-state index contributed by atoms with van der Waals surface area (Å²) in [5.74, 6) is 2.71. The molecule has 0 atom stereocenters. The summed E-state index contributed by atoms with van der Waals surface area (Å²) in [6.45, 7) is 8.11. The Bertz CT molecular complexity index is 246. The predicted octanol–water partition coefficient (Wildman–Crippen LogP) is 0.192. The molecule has 0 aliphatic carbocycles. The predicted molar refractivity (Wildman–Crippen MR) is 109 cm³/mol. The maximum atomic E-state index is 5.93. The highest BCUT2D eigenvalue weighted by Gasteiger charge is 2.23. The molecule has 0 saturated carbocycles. The van der Waals surface area contributed by atoms with Crippen molar-refractivity contribution < 1.29 is 21.4 Å². The fourth-order valence-electron chi connectivity index (χ4n) is 2.42. The molecule has 0 amide bonds. The molecular weight excluding hydrogens is 435 g/mol. The molecule has 150 valence electrons. The Morgan fingerprint density at radius 3 is 1.08 bits per heavy atom. The summed E-state index contributed by atoms with van der Waals surface area (Å²) in [5, 5.41) is 0. The third kappa shape index (κ3) is 13.8.